The van der Waals surface area contributed by atoms with Gasteiger partial charge >= 0.3 is 0 Å². The van der Waals surface area contributed by atoms with E-state index in [9.17, 15) is 0 Å². The van der Waals surface area contributed by atoms with E-state index in [1.165, 1.54) is 32.1 Å². The fraction of sp³-hybridized carbons (Fsp3) is 1.00. The van der Waals surface area contributed by atoms with Crippen LogP contribution >= 0.6 is 0 Å². The van der Waals surface area contributed by atoms with Crippen molar-refractivity contribution in [2.45, 2.75) is 52.9 Å². The summed E-state index contributed by atoms with van der Waals surface area (Å²) in [5.74, 6) is 1.05. The minimum atomic E-state index is 0.582. The summed E-state index contributed by atoms with van der Waals surface area (Å²) in [7, 11) is 0. The van der Waals surface area contributed by atoms with Gasteiger partial charge in [-0.15, -0.1) is 0 Å². The number of rotatable bonds is 0. The van der Waals surface area contributed by atoms with Crippen LogP contribution in [-0.2, 0) is 0 Å². The van der Waals surface area contributed by atoms with Gasteiger partial charge in [-0.3, -0.25) is 0 Å². The summed E-state index contributed by atoms with van der Waals surface area (Å²) in [6, 6.07) is 0. The second kappa shape index (κ2) is 2.02. The molecule has 0 nitrogen and oxygen atoms in total. The highest BCUT2D eigenvalue weighted by Gasteiger charge is 2.54. The van der Waals surface area contributed by atoms with E-state index in [0.717, 1.165) is 11.3 Å². The molecule has 2 fully saturated rings. The molecule has 0 bridgehead atoms. The topological polar surface area (TPSA) is 0 Å². The maximum atomic E-state index is 2.41. The molecule has 2 saturated carbocycles. The predicted octanol–water partition coefficient (Wildman–Crippen LogP) is 3.61. The molecule has 11 heavy (non-hydrogen) atoms. The third-order valence-corrected chi connectivity index (χ3v) is 4.06. The summed E-state index contributed by atoms with van der Waals surface area (Å²) < 4.78 is 0. The lowest BCUT2D eigenvalue weighted by atomic mass is 9.44. The molecule has 1 atom stereocenters. The van der Waals surface area contributed by atoms with Crippen molar-refractivity contribution >= 4 is 0 Å². The first-order valence-electron chi connectivity index (χ1n) is 5.05. The lowest BCUT2D eigenvalue weighted by Crippen LogP contribution is -2.51. The van der Waals surface area contributed by atoms with Gasteiger partial charge in [0.15, 0.2) is 0 Å². The molecule has 1 unspecified atom stereocenters. The molecule has 1 spiro atoms. The molecule has 64 valence electrons. The van der Waals surface area contributed by atoms with E-state index >= 15 is 0 Å². The van der Waals surface area contributed by atoms with Crippen LogP contribution in [0.5, 0.6) is 0 Å². The Morgan fingerprint density at radius 1 is 1.09 bits per heavy atom. The van der Waals surface area contributed by atoms with E-state index in [2.05, 4.69) is 20.8 Å². The Bertz CT molecular complexity index is 152. The van der Waals surface area contributed by atoms with Crippen LogP contribution in [0.25, 0.3) is 0 Å². The molecule has 2 rings (SSSR count). The number of hydrogen-bond acceptors (Lipinski definition) is 0. The van der Waals surface area contributed by atoms with Crippen molar-refractivity contribution in [2.24, 2.45) is 16.7 Å². The van der Waals surface area contributed by atoms with E-state index in [1.54, 1.807) is 0 Å². The number of hydrogen-bond donors (Lipinski definition) is 0. The molecule has 0 aromatic rings. The Morgan fingerprint density at radius 3 is 1.82 bits per heavy atom. The van der Waals surface area contributed by atoms with Crippen LogP contribution in [-0.4, -0.2) is 0 Å². The average Bonchev–Trinajstić information content (AvgIpc) is 1.49. The van der Waals surface area contributed by atoms with Crippen molar-refractivity contribution in [3.05, 3.63) is 0 Å². The fourth-order valence-electron chi connectivity index (χ4n) is 3.28. The minimum Gasteiger partial charge on any atom is -0.0599 e. The normalized spacial score (nSPS) is 34.6. The van der Waals surface area contributed by atoms with Crippen LogP contribution in [0.2, 0.25) is 0 Å². The largest absolute Gasteiger partial charge is 0.0599 e. The zero-order valence-electron chi connectivity index (χ0n) is 8.11. The first kappa shape index (κ1) is 7.64. The smallest absolute Gasteiger partial charge is 0.0264 e. The molecule has 0 heterocycles. The lowest BCUT2D eigenvalue weighted by molar-refractivity contribution is -0.104. The average molecular weight is 152 g/mol. The Balaban J connectivity index is 2.06. The van der Waals surface area contributed by atoms with Crippen LogP contribution < -0.4 is 0 Å². The molecule has 0 heteroatoms. The summed E-state index contributed by atoms with van der Waals surface area (Å²) in [5.41, 5.74) is 1.43. The van der Waals surface area contributed by atoms with E-state index in [0.29, 0.717) is 5.41 Å². The van der Waals surface area contributed by atoms with E-state index < -0.39 is 0 Å². The first-order chi connectivity index (χ1) is 5.05. The van der Waals surface area contributed by atoms with Crippen molar-refractivity contribution in [1.29, 1.82) is 0 Å². The van der Waals surface area contributed by atoms with E-state index in [4.69, 9.17) is 0 Å². The van der Waals surface area contributed by atoms with Gasteiger partial charge in [0.2, 0.25) is 0 Å². The Kier molecular flexibility index (Phi) is 1.41. The fourth-order valence-corrected chi connectivity index (χ4v) is 3.28. The van der Waals surface area contributed by atoms with Gasteiger partial charge in [-0.25, -0.2) is 0 Å². The summed E-state index contributed by atoms with van der Waals surface area (Å²) in [6.45, 7) is 7.24. The molecular weight excluding hydrogens is 132 g/mol. The zero-order chi connectivity index (χ0) is 8.11. The summed E-state index contributed by atoms with van der Waals surface area (Å²) in [5, 5.41) is 0. The third kappa shape index (κ3) is 0.947. The second-order valence-corrected chi connectivity index (χ2v) is 5.67. The van der Waals surface area contributed by atoms with E-state index in [1.807, 2.05) is 0 Å². The molecule has 0 N–H and O–H groups in total. The Hall–Kier alpha value is 0. The van der Waals surface area contributed by atoms with Gasteiger partial charge in [0.25, 0.3) is 0 Å². The summed E-state index contributed by atoms with van der Waals surface area (Å²) in [6.07, 6.45) is 7.62. The van der Waals surface area contributed by atoms with E-state index in [-0.39, 0.29) is 0 Å². The van der Waals surface area contributed by atoms with Crippen LogP contribution in [0.4, 0.5) is 0 Å². The summed E-state index contributed by atoms with van der Waals surface area (Å²) in [4.78, 5) is 0. The van der Waals surface area contributed by atoms with Crippen LogP contribution in [0.15, 0.2) is 0 Å². The molecule has 0 aromatic heterocycles. The molecular formula is C11H20. The lowest BCUT2D eigenvalue weighted by Gasteiger charge is -2.61. The van der Waals surface area contributed by atoms with Crippen molar-refractivity contribution in [3.63, 3.8) is 0 Å². The minimum absolute atomic E-state index is 0.582. The maximum absolute atomic E-state index is 2.41. The van der Waals surface area contributed by atoms with Crippen LogP contribution in [0.1, 0.15) is 52.9 Å². The first-order valence-corrected chi connectivity index (χ1v) is 5.05. The predicted molar refractivity (Wildman–Crippen MR) is 48.5 cm³/mol. The SMILES string of the molecule is CC(C)(C)C1CCC12CCC2. The maximum Gasteiger partial charge on any atom is -0.0264 e. The van der Waals surface area contributed by atoms with Crippen molar-refractivity contribution in [1.82, 2.24) is 0 Å². The van der Waals surface area contributed by atoms with Crippen LogP contribution in [0, 0.1) is 16.7 Å². The van der Waals surface area contributed by atoms with Crippen LogP contribution in [0.3, 0.4) is 0 Å². The van der Waals surface area contributed by atoms with Crippen molar-refractivity contribution in [3.8, 4) is 0 Å². The quantitative estimate of drug-likeness (QED) is 0.497. The molecule has 0 amide bonds. The molecule has 2 aliphatic carbocycles. The summed E-state index contributed by atoms with van der Waals surface area (Å²) >= 11 is 0. The standard InChI is InChI=1S/C11H20/c1-10(2,3)9-5-8-11(9)6-4-7-11/h9H,4-8H2,1-3H3. The molecule has 0 saturated heterocycles. The molecule has 2 aliphatic rings. The van der Waals surface area contributed by atoms with Gasteiger partial charge in [0, 0.05) is 0 Å². The van der Waals surface area contributed by atoms with Gasteiger partial charge < -0.3 is 0 Å². The second-order valence-electron chi connectivity index (χ2n) is 5.67. The van der Waals surface area contributed by atoms with Crippen molar-refractivity contribution < 1.29 is 0 Å². The van der Waals surface area contributed by atoms with Crippen molar-refractivity contribution in [2.75, 3.05) is 0 Å². The Labute approximate surface area is 70.4 Å². The zero-order valence-corrected chi connectivity index (χ0v) is 8.11. The Morgan fingerprint density at radius 2 is 1.73 bits per heavy atom. The molecule has 0 aliphatic heterocycles. The molecule has 0 aromatic carbocycles. The monoisotopic (exact) mass is 152 g/mol. The van der Waals surface area contributed by atoms with Gasteiger partial charge in [0.1, 0.15) is 0 Å². The van der Waals surface area contributed by atoms with Gasteiger partial charge in [-0.1, -0.05) is 27.2 Å². The highest BCUT2D eigenvalue weighted by Crippen LogP contribution is 2.64. The van der Waals surface area contributed by atoms with Gasteiger partial charge in [-0.05, 0) is 42.4 Å². The van der Waals surface area contributed by atoms with Gasteiger partial charge in [-0.2, -0.15) is 0 Å². The highest BCUT2D eigenvalue weighted by molar-refractivity contribution is 5.04. The third-order valence-electron chi connectivity index (χ3n) is 4.06. The molecule has 0 radical (unpaired) electrons. The van der Waals surface area contributed by atoms with Gasteiger partial charge in [0.05, 0.1) is 0 Å². The highest BCUT2D eigenvalue weighted by atomic mass is 14.6.